The number of amides is 2. The Morgan fingerprint density at radius 3 is 2.38 bits per heavy atom. The fourth-order valence-corrected chi connectivity index (χ4v) is 3.33. The first kappa shape index (κ1) is 20.3. The molecular weight excluding hydrogens is 370 g/mol. The number of thioether (sulfide) groups is 1. The number of hydrogen-bond donors (Lipinski definition) is 2. The van der Waals surface area contributed by atoms with Gasteiger partial charge in [-0.1, -0.05) is 41.9 Å². The van der Waals surface area contributed by atoms with Crippen LogP contribution >= 0.6 is 23.4 Å². The molecule has 1 atom stereocenters. The lowest BCUT2D eigenvalue weighted by molar-refractivity contribution is -0.136. The van der Waals surface area contributed by atoms with E-state index in [1.807, 2.05) is 61.6 Å². The Bertz CT molecular complexity index is 783. The zero-order valence-electron chi connectivity index (χ0n) is 15.0. The smallest absolute Gasteiger partial charge is 0.313 e. The van der Waals surface area contributed by atoms with Gasteiger partial charge in [0.2, 0.25) is 0 Å². The SMILES string of the molecule is CSc1ccccc1NC(=O)C(=O)NC[C@H](c1ccccc1Cl)N(C)C. The highest BCUT2D eigenvalue weighted by molar-refractivity contribution is 7.98. The Balaban J connectivity index is 2.02. The van der Waals surface area contributed by atoms with E-state index in [9.17, 15) is 9.59 Å². The molecule has 0 aliphatic carbocycles. The third-order valence-corrected chi connectivity index (χ3v) is 5.04. The zero-order valence-corrected chi connectivity index (χ0v) is 16.5. The molecule has 0 heterocycles. The van der Waals surface area contributed by atoms with Crippen LogP contribution in [0, 0.1) is 0 Å². The van der Waals surface area contributed by atoms with E-state index in [1.54, 1.807) is 12.1 Å². The maximum Gasteiger partial charge on any atom is 0.313 e. The van der Waals surface area contributed by atoms with E-state index in [2.05, 4.69) is 10.6 Å². The Labute approximate surface area is 163 Å². The summed E-state index contributed by atoms with van der Waals surface area (Å²) in [5.74, 6) is -1.37. The number of benzene rings is 2. The van der Waals surface area contributed by atoms with Crippen molar-refractivity contribution in [3.8, 4) is 0 Å². The van der Waals surface area contributed by atoms with Crippen molar-refractivity contribution < 1.29 is 9.59 Å². The fourth-order valence-electron chi connectivity index (χ4n) is 2.51. The number of carbonyl (C=O) groups is 2. The number of nitrogens with one attached hydrogen (secondary N) is 2. The van der Waals surface area contributed by atoms with E-state index in [0.717, 1.165) is 10.5 Å². The first-order chi connectivity index (χ1) is 12.4. The maximum absolute atomic E-state index is 12.2. The molecule has 2 aromatic rings. The summed E-state index contributed by atoms with van der Waals surface area (Å²) in [6, 6.07) is 14.7. The van der Waals surface area contributed by atoms with Crippen LogP contribution in [0.2, 0.25) is 5.02 Å². The van der Waals surface area contributed by atoms with Gasteiger partial charge in [0.15, 0.2) is 0 Å². The molecule has 0 spiro atoms. The van der Waals surface area contributed by atoms with Crippen molar-refractivity contribution in [2.75, 3.05) is 32.2 Å². The predicted octanol–water partition coefficient (Wildman–Crippen LogP) is 3.42. The average Bonchev–Trinajstić information content (AvgIpc) is 2.63. The Hall–Kier alpha value is -2.02. The van der Waals surface area contributed by atoms with Gasteiger partial charge >= 0.3 is 11.8 Å². The van der Waals surface area contributed by atoms with Gasteiger partial charge in [-0.15, -0.1) is 11.8 Å². The molecular formula is C19H22ClN3O2S. The van der Waals surface area contributed by atoms with Crippen LogP contribution in [-0.2, 0) is 9.59 Å². The lowest BCUT2D eigenvalue weighted by Crippen LogP contribution is -2.40. The molecule has 2 N–H and O–H groups in total. The monoisotopic (exact) mass is 391 g/mol. The molecule has 0 saturated heterocycles. The lowest BCUT2D eigenvalue weighted by Gasteiger charge is -2.25. The fraction of sp³-hybridized carbons (Fsp3) is 0.263. The molecule has 5 nitrogen and oxygen atoms in total. The molecule has 0 bridgehead atoms. The van der Waals surface area contributed by atoms with Crippen molar-refractivity contribution in [3.05, 3.63) is 59.1 Å². The number of likely N-dealkylation sites (N-methyl/N-ethyl adjacent to an activating group) is 1. The average molecular weight is 392 g/mol. The minimum absolute atomic E-state index is 0.140. The molecule has 2 rings (SSSR count). The van der Waals surface area contributed by atoms with E-state index in [0.29, 0.717) is 10.7 Å². The van der Waals surface area contributed by atoms with Crippen molar-refractivity contribution >= 4 is 40.9 Å². The van der Waals surface area contributed by atoms with Crippen LogP contribution in [0.25, 0.3) is 0 Å². The molecule has 0 fully saturated rings. The van der Waals surface area contributed by atoms with Crippen LogP contribution in [0.1, 0.15) is 11.6 Å². The molecule has 0 aromatic heterocycles. The molecule has 7 heteroatoms. The Kier molecular flexibility index (Phi) is 7.50. The van der Waals surface area contributed by atoms with Gasteiger partial charge < -0.3 is 15.5 Å². The van der Waals surface area contributed by atoms with Crippen molar-refractivity contribution in [3.63, 3.8) is 0 Å². The number of nitrogens with zero attached hydrogens (tertiary/aromatic N) is 1. The molecule has 2 aromatic carbocycles. The quantitative estimate of drug-likeness (QED) is 0.585. The van der Waals surface area contributed by atoms with Gasteiger partial charge in [-0.05, 0) is 44.1 Å². The summed E-state index contributed by atoms with van der Waals surface area (Å²) in [5, 5.41) is 5.97. The minimum Gasteiger partial charge on any atom is -0.346 e. The summed E-state index contributed by atoms with van der Waals surface area (Å²) in [7, 11) is 3.80. The van der Waals surface area contributed by atoms with E-state index in [-0.39, 0.29) is 12.6 Å². The van der Waals surface area contributed by atoms with Crippen LogP contribution in [0.4, 0.5) is 5.69 Å². The van der Waals surface area contributed by atoms with Gasteiger partial charge in [0, 0.05) is 16.5 Å². The molecule has 2 amide bonds. The van der Waals surface area contributed by atoms with Crippen LogP contribution in [-0.4, -0.2) is 43.6 Å². The minimum atomic E-state index is -0.692. The lowest BCUT2D eigenvalue weighted by atomic mass is 10.1. The predicted molar refractivity (Wildman–Crippen MR) is 108 cm³/mol. The van der Waals surface area contributed by atoms with Crippen molar-refractivity contribution in [2.45, 2.75) is 10.9 Å². The van der Waals surface area contributed by atoms with Gasteiger partial charge in [-0.25, -0.2) is 0 Å². The van der Waals surface area contributed by atoms with Gasteiger partial charge in [0.25, 0.3) is 0 Å². The highest BCUT2D eigenvalue weighted by Crippen LogP contribution is 2.26. The highest BCUT2D eigenvalue weighted by atomic mass is 35.5. The van der Waals surface area contributed by atoms with Crippen molar-refractivity contribution in [2.24, 2.45) is 0 Å². The summed E-state index contributed by atoms with van der Waals surface area (Å²) < 4.78 is 0. The molecule has 0 radical (unpaired) electrons. The van der Waals surface area contributed by atoms with E-state index < -0.39 is 11.8 Å². The third kappa shape index (κ3) is 5.24. The number of carbonyl (C=O) groups excluding carboxylic acids is 2. The van der Waals surface area contributed by atoms with Crippen LogP contribution in [0.3, 0.4) is 0 Å². The van der Waals surface area contributed by atoms with Crippen molar-refractivity contribution in [1.82, 2.24) is 10.2 Å². The Morgan fingerprint density at radius 1 is 1.08 bits per heavy atom. The van der Waals surface area contributed by atoms with Gasteiger partial charge in [0.05, 0.1) is 11.7 Å². The number of para-hydroxylation sites is 1. The second-order valence-electron chi connectivity index (χ2n) is 5.87. The topological polar surface area (TPSA) is 61.4 Å². The number of hydrogen-bond acceptors (Lipinski definition) is 4. The molecule has 138 valence electrons. The third-order valence-electron chi connectivity index (χ3n) is 3.90. The standard InChI is InChI=1S/C19H22ClN3O2S/c1-23(2)16(13-8-4-5-9-14(13)20)12-21-18(24)19(25)22-15-10-6-7-11-17(15)26-3/h4-11,16H,12H2,1-3H3,(H,21,24)(H,22,25)/t16-/m1/s1. The molecule has 0 aliphatic heterocycles. The molecule has 0 saturated carbocycles. The number of rotatable bonds is 6. The Morgan fingerprint density at radius 2 is 1.73 bits per heavy atom. The van der Waals surface area contributed by atoms with Crippen molar-refractivity contribution in [1.29, 1.82) is 0 Å². The summed E-state index contributed by atoms with van der Waals surface area (Å²) >= 11 is 7.76. The summed E-state index contributed by atoms with van der Waals surface area (Å²) in [6.45, 7) is 0.271. The van der Waals surface area contributed by atoms with E-state index in [4.69, 9.17) is 11.6 Å². The summed E-state index contributed by atoms with van der Waals surface area (Å²) in [4.78, 5) is 27.2. The summed E-state index contributed by atoms with van der Waals surface area (Å²) in [5.41, 5.74) is 1.52. The summed E-state index contributed by atoms with van der Waals surface area (Å²) in [6.07, 6.45) is 1.91. The van der Waals surface area contributed by atoms with E-state index in [1.165, 1.54) is 11.8 Å². The highest BCUT2D eigenvalue weighted by Gasteiger charge is 2.20. The maximum atomic E-state index is 12.2. The van der Waals surface area contributed by atoms with Gasteiger partial charge in [-0.2, -0.15) is 0 Å². The van der Waals surface area contributed by atoms with E-state index >= 15 is 0 Å². The molecule has 0 aliphatic rings. The second-order valence-corrected chi connectivity index (χ2v) is 7.12. The second kappa shape index (κ2) is 9.62. The molecule has 26 heavy (non-hydrogen) atoms. The van der Waals surface area contributed by atoms with Crippen LogP contribution < -0.4 is 10.6 Å². The molecule has 0 unspecified atom stereocenters. The van der Waals surface area contributed by atoms with Crippen LogP contribution in [0.15, 0.2) is 53.4 Å². The number of anilines is 1. The first-order valence-corrected chi connectivity index (χ1v) is 9.67. The van der Waals surface area contributed by atoms with Gasteiger partial charge in [0.1, 0.15) is 0 Å². The van der Waals surface area contributed by atoms with Gasteiger partial charge in [-0.3, -0.25) is 9.59 Å². The first-order valence-electron chi connectivity index (χ1n) is 8.07. The number of halogens is 1. The van der Waals surface area contributed by atoms with Crippen LogP contribution in [0.5, 0.6) is 0 Å². The largest absolute Gasteiger partial charge is 0.346 e. The normalized spacial score (nSPS) is 11.9. The zero-order chi connectivity index (χ0) is 19.1.